The number of ether oxygens (including phenoxy) is 1. The van der Waals surface area contributed by atoms with Crippen LogP contribution >= 0.6 is 0 Å². The van der Waals surface area contributed by atoms with Gasteiger partial charge in [0.15, 0.2) is 0 Å². The van der Waals surface area contributed by atoms with E-state index in [-0.39, 0.29) is 11.9 Å². The van der Waals surface area contributed by atoms with E-state index >= 15 is 0 Å². The van der Waals surface area contributed by atoms with Gasteiger partial charge in [0, 0.05) is 23.4 Å². The molecule has 2 amide bonds. The van der Waals surface area contributed by atoms with Crippen molar-refractivity contribution in [2.75, 3.05) is 11.9 Å². The molecule has 1 rings (SSSR count). The number of nitrogens with zero attached hydrogens (tertiary/aromatic N) is 1. The van der Waals surface area contributed by atoms with Crippen LogP contribution in [0, 0.1) is 5.92 Å². The van der Waals surface area contributed by atoms with Gasteiger partial charge < -0.3 is 10.1 Å². The Morgan fingerprint density at radius 2 is 1.80 bits per heavy atom. The fourth-order valence-electron chi connectivity index (χ4n) is 1.89. The largest absolute Gasteiger partial charge is 0.465 e. The van der Waals surface area contributed by atoms with Crippen LogP contribution in [0.15, 0.2) is 29.4 Å². The summed E-state index contributed by atoms with van der Waals surface area (Å²) in [5.74, 6) is -1.38. The van der Waals surface area contributed by atoms with E-state index in [2.05, 4.69) is 15.8 Å². The fourth-order valence-corrected chi connectivity index (χ4v) is 1.89. The number of carbonyl (C=O) groups is 3. The summed E-state index contributed by atoms with van der Waals surface area (Å²) in [5.41, 5.74) is 3.89. The lowest BCUT2D eigenvalue weighted by Crippen LogP contribution is -2.25. The first-order valence-corrected chi connectivity index (χ1v) is 8.30. The molecule has 25 heavy (non-hydrogen) atoms. The Labute approximate surface area is 147 Å². The zero-order valence-corrected chi connectivity index (χ0v) is 15.1. The third-order valence-corrected chi connectivity index (χ3v) is 3.51. The molecule has 1 atom stereocenters. The number of nitrogens with one attached hydrogen (secondary N) is 2. The lowest BCUT2D eigenvalue weighted by molar-refractivity contribution is -0.145. The lowest BCUT2D eigenvalue weighted by atomic mass is 10.1. The van der Waals surface area contributed by atoms with Gasteiger partial charge in [-0.15, -0.1) is 0 Å². The minimum atomic E-state index is -0.531. The van der Waals surface area contributed by atoms with Gasteiger partial charge in [0.1, 0.15) is 0 Å². The van der Waals surface area contributed by atoms with Crippen molar-refractivity contribution in [3.63, 3.8) is 0 Å². The first-order chi connectivity index (χ1) is 11.9. The summed E-state index contributed by atoms with van der Waals surface area (Å²) in [6, 6.07) is 6.49. The highest BCUT2D eigenvalue weighted by Crippen LogP contribution is 2.10. The summed E-state index contributed by atoms with van der Waals surface area (Å²) in [6.45, 7) is 7.26. The van der Waals surface area contributed by atoms with Gasteiger partial charge in [0.05, 0.1) is 12.5 Å². The summed E-state index contributed by atoms with van der Waals surface area (Å²) in [5, 5.41) is 6.69. The predicted molar refractivity (Wildman–Crippen MR) is 96.4 cm³/mol. The molecule has 1 unspecified atom stereocenters. The van der Waals surface area contributed by atoms with Gasteiger partial charge >= 0.3 is 5.97 Å². The Hall–Kier alpha value is -2.70. The molecule has 0 radical (unpaired) electrons. The van der Waals surface area contributed by atoms with Gasteiger partial charge in [0.2, 0.25) is 5.91 Å². The number of esters is 1. The minimum Gasteiger partial charge on any atom is -0.465 e. The van der Waals surface area contributed by atoms with Crippen LogP contribution in [0.2, 0.25) is 0 Å². The second-order valence-electron chi connectivity index (χ2n) is 5.54. The Morgan fingerprint density at radius 1 is 1.16 bits per heavy atom. The quantitative estimate of drug-likeness (QED) is 0.429. The molecule has 0 saturated carbocycles. The Kier molecular flexibility index (Phi) is 8.32. The van der Waals surface area contributed by atoms with Crippen LogP contribution in [0.4, 0.5) is 5.69 Å². The van der Waals surface area contributed by atoms with E-state index in [4.69, 9.17) is 4.74 Å². The topological polar surface area (TPSA) is 96.9 Å². The highest BCUT2D eigenvalue weighted by atomic mass is 16.5. The molecule has 7 nitrogen and oxygen atoms in total. The fraction of sp³-hybridized carbons (Fsp3) is 0.444. The molecule has 1 aromatic carbocycles. The zero-order chi connectivity index (χ0) is 18.8. The van der Waals surface area contributed by atoms with E-state index in [1.54, 1.807) is 45.0 Å². The highest BCUT2D eigenvalue weighted by molar-refractivity contribution is 6.02. The molecule has 0 aromatic heterocycles. The summed E-state index contributed by atoms with van der Waals surface area (Å²) in [6.07, 6.45) is 1.22. The molecule has 0 aliphatic rings. The van der Waals surface area contributed by atoms with E-state index in [1.807, 2.05) is 6.92 Å². The summed E-state index contributed by atoms with van der Waals surface area (Å²) >= 11 is 0. The van der Waals surface area contributed by atoms with Crippen molar-refractivity contribution in [2.24, 2.45) is 11.0 Å². The van der Waals surface area contributed by atoms with Gasteiger partial charge in [-0.05, 0) is 51.5 Å². The van der Waals surface area contributed by atoms with Gasteiger partial charge in [-0.3, -0.25) is 14.4 Å². The second kappa shape index (κ2) is 10.2. The third-order valence-electron chi connectivity index (χ3n) is 3.51. The Bertz CT molecular complexity index is 638. The van der Waals surface area contributed by atoms with E-state index in [9.17, 15) is 14.4 Å². The minimum absolute atomic E-state index is 0.0621. The van der Waals surface area contributed by atoms with Crippen molar-refractivity contribution in [1.29, 1.82) is 0 Å². The van der Waals surface area contributed by atoms with Crippen LogP contribution < -0.4 is 10.7 Å². The molecular formula is C18H25N3O4. The van der Waals surface area contributed by atoms with Gasteiger partial charge in [-0.2, -0.15) is 5.10 Å². The molecule has 136 valence electrons. The van der Waals surface area contributed by atoms with Crippen LogP contribution in [0.25, 0.3) is 0 Å². The van der Waals surface area contributed by atoms with Crippen molar-refractivity contribution in [3.8, 4) is 0 Å². The molecule has 0 saturated heterocycles. The molecular weight excluding hydrogens is 322 g/mol. The molecule has 7 heteroatoms. The van der Waals surface area contributed by atoms with E-state index in [0.29, 0.717) is 30.0 Å². The number of benzene rings is 1. The van der Waals surface area contributed by atoms with E-state index in [0.717, 1.165) is 6.42 Å². The van der Waals surface area contributed by atoms with Crippen LogP contribution in [0.5, 0.6) is 0 Å². The summed E-state index contributed by atoms with van der Waals surface area (Å²) < 4.78 is 4.91. The number of carbonyl (C=O) groups excluding carboxylic acids is 3. The Balaban J connectivity index is 2.64. The number of rotatable bonds is 8. The van der Waals surface area contributed by atoms with Crippen LogP contribution in [-0.2, 0) is 14.3 Å². The second-order valence-corrected chi connectivity index (χ2v) is 5.54. The molecule has 1 aromatic rings. The van der Waals surface area contributed by atoms with Crippen LogP contribution in [0.1, 0.15) is 50.9 Å². The molecule has 0 heterocycles. The van der Waals surface area contributed by atoms with E-state index in [1.165, 1.54) is 0 Å². The smallest absolute Gasteiger partial charge is 0.314 e. The third kappa shape index (κ3) is 6.74. The molecule has 0 bridgehead atoms. The SMILES string of the molecule is CCCC(=O)Nc1ccc(C(=O)N/N=C(/C)C(C)C(=O)OCC)cc1. The highest BCUT2D eigenvalue weighted by Gasteiger charge is 2.17. The van der Waals surface area contributed by atoms with Gasteiger partial charge in [0.25, 0.3) is 5.91 Å². The number of hydrogen-bond acceptors (Lipinski definition) is 5. The first-order valence-electron chi connectivity index (χ1n) is 8.30. The van der Waals surface area contributed by atoms with Crippen molar-refractivity contribution < 1.29 is 19.1 Å². The number of hydrogen-bond donors (Lipinski definition) is 2. The number of hydrazone groups is 1. The number of amides is 2. The zero-order valence-electron chi connectivity index (χ0n) is 15.1. The standard InChI is InChI=1S/C18H25N3O4/c1-5-7-16(22)19-15-10-8-14(9-11-15)17(23)21-20-13(4)12(3)18(24)25-6-2/h8-12H,5-7H2,1-4H3,(H,19,22)(H,21,23)/b20-13-. The van der Waals surface area contributed by atoms with Gasteiger partial charge in [-0.1, -0.05) is 6.92 Å². The molecule has 0 aliphatic heterocycles. The predicted octanol–water partition coefficient (Wildman–Crippen LogP) is 2.73. The Morgan fingerprint density at radius 3 is 2.36 bits per heavy atom. The van der Waals surface area contributed by atoms with Crippen LogP contribution in [0.3, 0.4) is 0 Å². The molecule has 2 N–H and O–H groups in total. The summed E-state index contributed by atoms with van der Waals surface area (Å²) in [4.78, 5) is 35.2. The van der Waals surface area contributed by atoms with Crippen molar-refractivity contribution in [2.45, 2.75) is 40.5 Å². The molecule has 0 aliphatic carbocycles. The maximum absolute atomic E-state index is 12.1. The average molecular weight is 347 g/mol. The maximum Gasteiger partial charge on any atom is 0.314 e. The average Bonchev–Trinajstić information content (AvgIpc) is 2.59. The lowest BCUT2D eigenvalue weighted by Gasteiger charge is -2.10. The van der Waals surface area contributed by atoms with Crippen LogP contribution in [-0.4, -0.2) is 30.1 Å². The normalized spacial score (nSPS) is 12.2. The number of anilines is 1. The van der Waals surface area contributed by atoms with Crippen molar-refractivity contribution >= 4 is 29.2 Å². The van der Waals surface area contributed by atoms with Crippen molar-refractivity contribution in [3.05, 3.63) is 29.8 Å². The monoisotopic (exact) mass is 347 g/mol. The maximum atomic E-state index is 12.1. The van der Waals surface area contributed by atoms with Gasteiger partial charge in [-0.25, -0.2) is 5.43 Å². The molecule has 0 fully saturated rings. The van der Waals surface area contributed by atoms with Crippen molar-refractivity contribution in [1.82, 2.24) is 5.43 Å². The first kappa shape index (κ1) is 20.3. The summed E-state index contributed by atoms with van der Waals surface area (Å²) in [7, 11) is 0. The van der Waals surface area contributed by atoms with E-state index < -0.39 is 11.8 Å². The molecule has 0 spiro atoms.